The van der Waals surface area contributed by atoms with Gasteiger partial charge in [-0.3, -0.25) is 0 Å². The molecule has 1 aliphatic rings. The van der Waals surface area contributed by atoms with Crippen LogP contribution in [0.4, 0.5) is 0 Å². The highest BCUT2D eigenvalue weighted by atomic mass is 35.5. The summed E-state index contributed by atoms with van der Waals surface area (Å²) in [7, 11) is 0. The molecule has 0 saturated heterocycles. The Morgan fingerprint density at radius 1 is 1.47 bits per heavy atom. The summed E-state index contributed by atoms with van der Waals surface area (Å²) >= 11 is 5.88. The normalized spacial score (nSPS) is 20.7. The molecular weight excluding hydrogens is 258 g/mol. The Morgan fingerprint density at radius 2 is 2.26 bits per heavy atom. The zero-order chi connectivity index (χ0) is 13.9. The van der Waals surface area contributed by atoms with E-state index in [9.17, 15) is 0 Å². The van der Waals surface area contributed by atoms with Crippen molar-refractivity contribution in [2.75, 3.05) is 12.4 Å². The van der Waals surface area contributed by atoms with Crippen LogP contribution in [0, 0.1) is 6.92 Å². The van der Waals surface area contributed by atoms with Gasteiger partial charge in [0.05, 0.1) is 0 Å². The molecule has 1 aliphatic heterocycles. The van der Waals surface area contributed by atoms with Crippen molar-refractivity contribution in [2.24, 2.45) is 0 Å². The van der Waals surface area contributed by atoms with E-state index in [2.05, 4.69) is 44.3 Å². The second-order valence-corrected chi connectivity index (χ2v) is 6.17. The van der Waals surface area contributed by atoms with E-state index in [-0.39, 0.29) is 11.6 Å². The SMILES string of the molecule is CCC(C)(CCCl)NCC1Cc2cc(C)ccc2O1. The predicted molar refractivity (Wildman–Crippen MR) is 81.3 cm³/mol. The third kappa shape index (κ3) is 3.64. The fourth-order valence-electron chi connectivity index (χ4n) is 2.52. The van der Waals surface area contributed by atoms with Crippen molar-refractivity contribution in [2.45, 2.75) is 51.7 Å². The lowest BCUT2D eigenvalue weighted by molar-refractivity contribution is 0.201. The topological polar surface area (TPSA) is 21.3 Å². The van der Waals surface area contributed by atoms with Crippen LogP contribution in [0.3, 0.4) is 0 Å². The Morgan fingerprint density at radius 3 is 2.95 bits per heavy atom. The van der Waals surface area contributed by atoms with Crippen LogP contribution in [0.1, 0.15) is 37.8 Å². The molecule has 2 unspecified atom stereocenters. The summed E-state index contributed by atoms with van der Waals surface area (Å²) in [6.45, 7) is 7.45. The molecule has 0 saturated carbocycles. The third-order valence-corrected chi connectivity index (χ3v) is 4.33. The van der Waals surface area contributed by atoms with Crippen molar-refractivity contribution < 1.29 is 4.74 Å². The molecule has 0 fully saturated rings. The van der Waals surface area contributed by atoms with Crippen LogP contribution in [-0.4, -0.2) is 24.1 Å². The lowest BCUT2D eigenvalue weighted by atomic mass is 9.95. The van der Waals surface area contributed by atoms with Crippen LogP contribution in [0.5, 0.6) is 5.75 Å². The second-order valence-electron chi connectivity index (χ2n) is 5.79. The Labute approximate surface area is 121 Å². The first-order valence-electron chi connectivity index (χ1n) is 7.13. The van der Waals surface area contributed by atoms with Crippen LogP contribution in [0.15, 0.2) is 18.2 Å². The molecule has 2 atom stereocenters. The minimum atomic E-state index is 0.121. The molecule has 2 rings (SSSR count). The Kier molecular flexibility index (Phi) is 4.75. The summed E-state index contributed by atoms with van der Waals surface area (Å²) in [5, 5.41) is 3.63. The van der Waals surface area contributed by atoms with E-state index in [1.54, 1.807) is 0 Å². The van der Waals surface area contributed by atoms with Gasteiger partial charge in [-0.2, -0.15) is 0 Å². The van der Waals surface area contributed by atoms with Crippen molar-refractivity contribution in [3.8, 4) is 5.75 Å². The number of halogens is 1. The molecule has 106 valence electrons. The lowest BCUT2D eigenvalue weighted by Crippen LogP contribution is -2.46. The average Bonchev–Trinajstić information content (AvgIpc) is 2.79. The minimum Gasteiger partial charge on any atom is -0.488 e. The average molecular weight is 282 g/mol. The molecule has 0 amide bonds. The maximum Gasteiger partial charge on any atom is 0.123 e. The van der Waals surface area contributed by atoms with Crippen molar-refractivity contribution in [3.63, 3.8) is 0 Å². The number of alkyl halides is 1. The van der Waals surface area contributed by atoms with Gasteiger partial charge in [-0.05, 0) is 38.3 Å². The van der Waals surface area contributed by atoms with Crippen LogP contribution in [0.25, 0.3) is 0 Å². The number of benzene rings is 1. The maximum absolute atomic E-state index is 5.98. The van der Waals surface area contributed by atoms with Crippen LogP contribution < -0.4 is 10.1 Å². The van der Waals surface area contributed by atoms with Gasteiger partial charge >= 0.3 is 0 Å². The monoisotopic (exact) mass is 281 g/mol. The van der Waals surface area contributed by atoms with Crippen LogP contribution in [-0.2, 0) is 6.42 Å². The maximum atomic E-state index is 5.98. The fourth-order valence-corrected chi connectivity index (χ4v) is 2.94. The van der Waals surface area contributed by atoms with Gasteiger partial charge in [-0.25, -0.2) is 0 Å². The van der Waals surface area contributed by atoms with Gasteiger partial charge in [0, 0.05) is 24.4 Å². The van der Waals surface area contributed by atoms with E-state index in [0.29, 0.717) is 5.88 Å². The predicted octanol–water partition coefficient (Wildman–Crippen LogP) is 3.69. The minimum absolute atomic E-state index is 0.121. The van der Waals surface area contributed by atoms with Crippen molar-refractivity contribution in [1.29, 1.82) is 0 Å². The molecule has 3 heteroatoms. The zero-order valence-corrected chi connectivity index (χ0v) is 12.9. The van der Waals surface area contributed by atoms with Crippen LogP contribution >= 0.6 is 11.6 Å². The van der Waals surface area contributed by atoms with E-state index in [1.807, 2.05) is 0 Å². The Balaban J connectivity index is 1.90. The largest absolute Gasteiger partial charge is 0.488 e. The van der Waals surface area contributed by atoms with Gasteiger partial charge < -0.3 is 10.1 Å². The molecule has 19 heavy (non-hydrogen) atoms. The molecule has 0 radical (unpaired) electrons. The van der Waals surface area contributed by atoms with E-state index in [4.69, 9.17) is 16.3 Å². The smallest absolute Gasteiger partial charge is 0.123 e. The van der Waals surface area contributed by atoms with Gasteiger partial charge in [0.1, 0.15) is 11.9 Å². The number of fused-ring (bicyclic) bond motifs is 1. The first-order chi connectivity index (χ1) is 9.06. The van der Waals surface area contributed by atoms with Gasteiger partial charge in [0.15, 0.2) is 0 Å². The lowest BCUT2D eigenvalue weighted by Gasteiger charge is -2.30. The summed E-state index contributed by atoms with van der Waals surface area (Å²) < 4.78 is 5.98. The summed E-state index contributed by atoms with van der Waals surface area (Å²) in [5.74, 6) is 1.75. The van der Waals surface area contributed by atoms with E-state index < -0.39 is 0 Å². The Hall–Kier alpha value is -0.730. The van der Waals surface area contributed by atoms with Crippen LogP contribution in [0.2, 0.25) is 0 Å². The summed E-state index contributed by atoms with van der Waals surface area (Å²) in [4.78, 5) is 0. The molecule has 0 aliphatic carbocycles. The quantitative estimate of drug-likeness (QED) is 0.803. The second kappa shape index (κ2) is 6.15. The van der Waals surface area contributed by atoms with Crippen molar-refractivity contribution in [3.05, 3.63) is 29.3 Å². The summed E-state index contributed by atoms with van der Waals surface area (Å²) in [5.41, 5.74) is 2.76. The first kappa shape index (κ1) is 14.7. The molecule has 0 bridgehead atoms. The van der Waals surface area contributed by atoms with Gasteiger partial charge in [-0.15, -0.1) is 11.6 Å². The molecule has 0 aromatic heterocycles. The number of hydrogen-bond acceptors (Lipinski definition) is 2. The number of ether oxygens (including phenoxy) is 1. The van der Waals surface area contributed by atoms with Crippen molar-refractivity contribution in [1.82, 2.24) is 5.32 Å². The van der Waals surface area contributed by atoms with E-state index in [0.717, 1.165) is 31.6 Å². The standard InChI is InChI=1S/C16H24ClNO/c1-4-16(3,7-8-17)18-11-14-10-13-9-12(2)5-6-15(13)19-14/h5-6,9,14,18H,4,7-8,10-11H2,1-3H3. The number of aryl methyl sites for hydroxylation is 1. The molecule has 1 aromatic carbocycles. The highest BCUT2D eigenvalue weighted by Crippen LogP contribution is 2.29. The van der Waals surface area contributed by atoms with E-state index >= 15 is 0 Å². The molecule has 0 spiro atoms. The number of hydrogen-bond donors (Lipinski definition) is 1. The zero-order valence-electron chi connectivity index (χ0n) is 12.1. The summed E-state index contributed by atoms with van der Waals surface area (Å²) in [6.07, 6.45) is 3.32. The van der Waals surface area contributed by atoms with Gasteiger partial charge in [0.2, 0.25) is 0 Å². The summed E-state index contributed by atoms with van der Waals surface area (Å²) in [6, 6.07) is 6.42. The van der Waals surface area contributed by atoms with Gasteiger partial charge in [0.25, 0.3) is 0 Å². The highest BCUT2D eigenvalue weighted by molar-refractivity contribution is 6.17. The molecule has 1 heterocycles. The number of rotatable bonds is 6. The third-order valence-electron chi connectivity index (χ3n) is 4.14. The fraction of sp³-hybridized carbons (Fsp3) is 0.625. The molecule has 1 aromatic rings. The van der Waals surface area contributed by atoms with Gasteiger partial charge in [-0.1, -0.05) is 24.6 Å². The molecule has 2 nitrogen and oxygen atoms in total. The Bertz CT molecular complexity index is 435. The number of nitrogens with one attached hydrogen (secondary N) is 1. The van der Waals surface area contributed by atoms with Crippen molar-refractivity contribution >= 4 is 11.6 Å². The molecule has 1 N–H and O–H groups in total. The highest BCUT2D eigenvalue weighted by Gasteiger charge is 2.26. The van der Waals surface area contributed by atoms with E-state index in [1.165, 1.54) is 11.1 Å². The molecular formula is C16H24ClNO. The first-order valence-corrected chi connectivity index (χ1v) is 7.67.